The fraction of sp³-hybridized carbons (Fsp3) is 0.0909. The molecule has 2 aromatic rings. The molecule has 0 spiro atoms. The number of benzene rings is 1. The lowest BCUT2D eigenvalue weighted by Gasteiger charge is -2.10. The lowest BCUT2D eigenvalue weighted by Crippen LogP contribution is -2.05. The molecule has 1 N–H and O–H groups in total. The minimum absolute atomic E-state index is 0.315. The SMILES string of the molecule is FC(F)(F)c1cccc(Nc2cc(Br)ncn2)c1. The number of hydrogen-bond acceptors (Lipinski definition) is 3. The first-order chi connectivity index (χ1) is 8.45. The first kappa shape index (κ1) is 12.8. The topological polar surface area (TPSA) is 37.8 Å². The first-order valence-electron chi connectivity index (χ1n) is 4.87. The summed E-state index contributed by atoms with van der Waals surface area (Å²) in [6.07, 6.45) is -3.05. The molecule has 1 aromatic carbocycles. The Hall–Kier alpha value is -1.63. The minimum Gasteiger partial charge on any atom is -0.340 e. The van der Waals surface area contributed by atoms with Crippen molar-refractivity contribution in [2.24, 2.45) is 0 Å². The van der Waals surface area contributed by atoms with Crippen molar-refractivity contribution in [2.75, 3.05) is 5.32 Å². The molecule has 1 heterocycles. The Bertz CT molecular complexity index is 557. The van der Waals surface area contributed by atoms with Crippen LogP contribution in [0.5, 0.6) is 0 Å². The third-order valence-corrected chi connectivity index (χ3v) is 2.53. The average molecular weight is 318 g/mol. The van der Waals surface area contributed by atoms with Crippen LogP contribution in [0.4, 0.5) is 24.7 Å². The molecule has 0 aliphatic carbocycles. The quantitative estimate of drug-likeness (QED) is 0.851. The maximum absolute atomic E-state index is 12.5. The summed E-state index contributed by atoms with van der Waals surface area (Å²) in [5.74, 6) is 0.413. The highest BCUT2D eigenvalue weighted by molar-refractivity contribution is 9.10. The number of halogens is 4. The lowest BCUT2D eigenvalue weighted by molar-refractivity contribution is -0.137. The molecule has 2 rings (SSSR count). The molecule has 0 atom stereocenters. The zero-order valence-corrected chi connectivity index (χ0v) is 10.5. The Morgan fingerprint density at radius 1 is 1.11 bits per heavy atom. The van der Waals surface area contributed by atoms with Gasteiger partial charge in [-0.15, -0.1) is 0 Å². The molecule has 0 unspecified atom stereocenters. The Kier molecular flexibility index (Phi) is 3.51. The molecule has 0 saturated carbocycles. The van der Waals surface area contributed by atoms with Gasteiger partial charge >= 0.3 is 6.18 Å². The van der Waals surface area contributed by atoms with E-state index in [0.29, 0.717) is 16.1 Å². The van der Waals surface area contributed by atoms with Crippen molar-refractivity contribution in [3.63, 3.8) is 0 Å². The zero-order valence-electron chi connectivity index (χ0n) is 8.87. The van der Waals surface area contributed by atoms with E-state index in [2.05, 4.69) is 31.2 Å². The van der Waals surface area contributed by atoms with Crippen molar-refractivity contribution >= 4 is 27.4 Å². The summed E-state index contributed by atoms with van der Waals surface area (Å²) in [6.45, 7) is 0. The molecule has 0 aliphatic heterocycles. The third kappa shape index (κ3) is 3.19. The fourth-order valence-corrected chi connectivity index (χ4v) is 1.63. The van der Waals surface area contributed by atoms with Crippen molar-refractivity contribution in [1.29, 1.82) is 0 Å². The van der Waals surface area contributed by atoms with Gasteiger partial charge in [0.25, 0.3) is 0 Å². The second-order valence-electron chi connectivity index (χ2n) is 3.43. The van der Waals surface area contributed by atoms with Crippen molar-refractivity contribution in [2.45, 2.75) is 6.18 Å². The summed E-state index contributed by atoms with van der Waals surface area (Å²) >= 11 is 3.15. The van der Waals surface area contributed by atoms with Crippen LogP contribution in [0, 0.1) is 0 Å². The summed E-state index contributed by atoms with van der Waals surface area (Å²) in [7, 11) is 0. The van der Waals surface area contributed by atoms with E-state index in [1.807, 2.05) is 0 Å². The highest BCUT2D eigenvalue weighted by Crippen LogP contribution is 2.31. The largest absolute Gasteiger partial charge is 0.416 e. The van der Waals surface area contributed by atoms with Crippen LogP contribution in [-0.4, -0.2) is 9.97 Å². The number of hydrogen-bond donors (Lipinski definition) is 1. The minimum atomic E-state index is -4.36. The molecule has 0 radical (unpaired) electrons. The number of aromatic nitrogens is 2. The molecule has 3 nitrogen and oxygen atoms in total. The van der Waals surface area contributed by atoms with E-state index in [1.54, 1.807) is 6.07 Å². The normalized spacial score (nSPS) is 11.3. The number of alkyl halides is 3. The van der Waals surface area contributed by atoms with Gasteiger partial charge in [0.05, 0.1) is 5.56 Å². The van der Waals surface area contributed by atoms with Gasteiger partial charge in [-0.05, 0) is 34.1 Å². The fourth-order valence-electron chi connectivity index (χ4n) is 1.32. The lowest BCUT2D eigenvalue weighted by atomic mass is 10.2. The molecular weight excluding hydrogens is 311 g/mol. The van der Waals surface area contributed by atoms with Crippen LogP contribution in [0.1, 0.15) is 5.56 Å². The Morgan fingerprint density at radius 2 is 1.89 bits per heavy atom. The second kappa shape index (κ2) is 4.93. The Labute approximate surface area is 109 Å². The molecule has 0 bridgehead atoms. The number of anilines is 2. The maximum Gasteiger partial charge on any atom is 0.416 e. The Morgan fingerprint density at radius 3 is 2.56 bits per heavy atom. The van der Waals surface area contributed by atoms with Gasteiger partial charge in [-0.1, -0.05) is 6.07 Å². The van der Waals surface area contributed by atoms with Gasteiger partial charge < -0.3 is 5.32 Å². The van der Waals surface area contributed by atoms with E-state index >= 15 is 0 Å². The molecule has 1 aromatic heterocycles. The van der Waals surface area contributed by atoms with Crippen molar-refractivity contribution in [3.8, 4) is 0 Å². The van der Waals surface area contributed by atoms with E-state index in [-0.39, 0.29) is 0 Å². The third-order valence-electron chi connectivity index (χ3n) is 2.10. The van der Waals surface area contributed by atoms with Crippen LogP contribution in [-0.2, 0) is 6.18 Å². The van der Waals surface area contributed by atoms with Gasteiger partial charge in [-0.2, -0.15) is 13.2 Å². The molecular formula is C11H7BrF3N3. The highest BCUT2D eigenvalue weighted by atomic mass is 79.9. The van der Waals surface area contributed by atoms with E-state index in [9.17, 15) is 13.2 Å². The maximum atomic E-state index is 12.5. The summed E-state index contributed by atoms with van der Waals surface area (Å²) < 4.78 is 38.1. The van der Waals surface area contributed by atoms with E-state index in [4.69, 9.17) is 0 Å². The molecule has 7 heteroatoms. The predicted molar refractivity (Wildman–Crippen MR) is 64.5 cm³/mol. The van der Waals surface area contributed by atoms with Gasteiger partial charge in [0.1, 0.15) is 16.7 Å². The van der Waals surface area contributed by atoms with E-state index in [1.165, 1.54) is 18.5 Å². The molecule has 0 fully saturated rings. The van der Waals surface area contributed by atoms with E-state index in [0.717, 1.165) is 12.1 Å². The summed E-state index contributed by atoms with van der Waals surface area (Å²) in [5.41, 5.74) is -0.393. The molecule has 94 valence electrons. The zero-order chi connectivity index (χ0) is 13.2. The van der Waals surface area contributed by atoms with Crippen LogP contribution < -0.4 is 5.32 Å². The smallest absolute Gasteiger partial charge is 0.340 e. The first-order valence-corrected chi connectivity index (χ1v) is 5.66. The van der Waals surface area contributed by atoms with Crippen LogP contribution in [0.25, 0.3) is 0 Å². The Balaban J connectivity index is 2.25. The number of rotatable bonds is 2. The molecule has 0 saturated heterocycles. The monoisotopic (exact) mass is 317 g/mol. The van der Waals surface area contributed by atoms with Crippen molar-refractivity contribution in [1.82, 2.24) is 9.97 Å². The standard InChI is InChI=1S/C11H7BrF3N3/c12-9-5-10(17-6-16-9)18-8-3-1-2-7(4-8)11(13,14)15/h1-6H,(H,16,17,18). The number of nitrogens with zero attached hydrogens (tertiary/aromatic N) is 2. The van der Waals surface area contributed by atoms with Crippen LogP contribution in [0.2, 0.25) is 0 Å². The van der Waals surface area contributed by atoms with Crippen LogP contribution in [0.15, 0.2) is 41.3 Å². The molecule has 0 aliphatic rings. The van der Waals surface area contributed by atoms with Gasteiger partial charge in [0.2, 0.25) is 0 Å². The predicted octanol–water partition coefficient (Wildman–Crippen LogP) is 4.00. The van der Waals surface area contributed by atoms with Crippen LogP contribution in [0.3, 0.4) is 0 Å². The van der Waals surface area contributed by atoms with Crippen LogP contribution >= 0.6 is 15.9 Å². The summed E-state index contributed by atoms with van der Waals surface area (Å²) in [5, 5.41) is 2.78. The van der Waals surface area contributed by atoms with Crippen molar-refractivity contribution < 1.29 is 13.2 Å². The highest BCUT2D eigenvalue weighted by Gasteiger charge is 2.30. The average Bonchev–Trinajstić information content (AvgIpc) is 2.28. The van der Waals surface area contributed by atoms with Gasteiger partial charge in [0, 0.05) is 11.8 Å². The summed E-state index contributed by atoms with van der Waals surface area (Å²) in [4.78, 5) is 7.72. The van der Waals surface area contributed by atoms with E-state index < -0.39 is 11.7 Å². The van der Waals surface area contributed by atoms with Gasteiger partial charge in [-0.25, -0.2) is 9.97 Å². The molecule has 0 amide bonds. The second-order valence-corrected chi connectivity index (χ2v) is 4.24. The summed E-state index contributed by atoms with van der Waals surface area (Å²) in [6, 6.07) is 6.48. The molecule has 18 heavy (non-hydrogen) atoms. The van der Waals surface area contributed by atoms with Crippen molar-refractivity contribution in [3.05, 3.63) is 46.8 Å². The van der Waals surface area contributed by atoms with Gasteiger partial charge in [-0.3, -0.25) is 0 Å². The number of nitrogens with one attached hydrogen (secondary N) is 1. The van der Waals surface area contributed by atoms with Gasteiger partial charge in [0.15, 0.2) is 0 Å².